The first-order valence-electron chi connectivity index (χ1n) is 8.35. The molecule has 2 N–H and O–H groups in total. The quantitative estimate of drug-likeness (QED) is 0.653. The topological polar surface area (TPSA) is 57.8 Å². The van der Waals surface area contributed by atoms with Gasteiger partial charge in [-0.1, -0.05) is 46.3 Å². The largest absolute Gasteiger partial charge is 0.305 e. The van der Waals surface area contributed by atoms with Crippen molar-refractivity contribution in [2.45, 2.75) is 18.8 Å². The predicted molar refractivity (Wildman–Crippen MR) is 102 cm³/mol. The molecule has 25 heavy (non-hydrogen) atoms. The van der Waals surface area contributed by atoms with E-state index in [1.807, 2.05) is 24.3 Å². The molecule has 2 unspecified atom stereocenters. The highest BCUT2D eigenvalue weighted by Crippen LogP contribution is 2.48. The number of hydrogen-bond donors (Lipinski definition) is 2. The Bertz CT molecular complexity index is 873. The van der Waals surface area contributed by atoms with E-state index in [9.17, 15) is 4.79 Å². The summed E-state index contributed by atoms with van der Waals surface area (Å²) in [6.45, 7) is 0. The number of H-pyrrole nitrogens is 1. The molecule has 0 aliphatic heterocycles. The Balaban J connectivity index is 1.36. The summed E-state index contributed by atoms with van der Waals surface area (Å²) < 4.78 is 0.948. The number of aromatic amines is 1. The lowest BCUT2D eigenvalue weighted by atomic mass is 10.1. The number of aromatic nitrogens is 2. The molecular formula is C20H18BrN3O. The fraction of sp³-hybridized carbons (Fsp3) is 0.200. The standard InChI is InChI=1S/C20H18BrN3O/c21-16-8-6-14(7-9-16)20(25)22-19-12-18(23-24-19)17-11-15(17)10-13-4-2-1-3-5-13/h1-9,12,15,17H,10-11H2,(H2,22,23,24,25). The molecule has 1 fully saturated rings. The van der Waals surface area contributed by atoms with Crippen LogP contribution in [0.3, 0.4) is 0 Å². The van der Waals surface area contributed by atoms with Crippen LogP contribution in [0.4, 0.5) is 5.82 Å². The molecule has 4 nitrogen and oxygen atoms in total. The second-order valence-electron chi connectivity index (χ2n) is 6.46. The first-order chi connectivity index (χ1) is 12.2. The summed E-state index contributed by atoms with van der Waals surface area (Å²) in [5, 5.41) is 10.2. The molecule has 0 saturated heterocycles. The second-order valence-corrected chi connectivity index (χ2v) is 7.38. The van der Waals surface area contributed by atoms with Crippen LogP contribution in [-0.4, -0.2) is 16.1 Å². The van der Waals surface area contributed by atoms with Crippen LogP contribution >= 0.6 is 15.9 Å². The Morgan fingerprint density at radius 3 is 2.68 bits per heavy atom. The third-order valence-electron chi connectivity index (χ3n) is 4.61. The number of rotatable bonds is 5. The minimum atomic E-state index is -0.151. The lowest BCUT2D eigenvalue weighted by molar-refractivity contribution is 0.102. The van der Waals surface area contributed by atoms with E-state index < -0.39 is 0 Å². The summed E-state index contributed by atoms with van der Waals surface area (Å²) in [5.41, 5.74) is 3.09. The molecule has 1 aromatic heterocycles. The van der Waals surface area contributed by atoms with E-state index in [0.29, 0.717) is 23.2 Å². The van der Waals surface area contributed by atoms with Gasteiger partial charge in [-0.2, -0.15) is 5.10 Å². The van der Waals surface area contributed by atoms with Gasteiger partial charge in [0.1, 0.15) is 0 Å². The van der Waals surface area contributed by atoms with E-state index in [1.165, 1.54) is 5.56 Å². The SMILES string of the molecule is O=C(Nc1cc(C2CC2Cc2ccccc2)[nH]n1)c1ccc(Br)cc1. The highest BCUT2D eigenvalue weighted by molar-refractivity contribution is 9.10. The van der Waals surface area contributed by atoms with Crippen LogP contribution in [0, 0.1) is 5.92 Å². The van der Waals surface area contributed by atoms with Crippen molar-refractivity contribution in [1.82, 2.24) is 10.2 Å². The monoisotopic (exact) mass is 395 g/mol. The van der Waals surface area contributed by atoms with Gasteiger partial charge in [0.05, 0.1) is 0 Å². The van der Waals surface area contributed by atoms with Crippen molar-refractivity contribution in [2.75, 3.05) is 5.32 Å². The highest BCUT2D eigenvalue weighted by Gasteiger charge is 2.39. The number of carbonyl (C=O) groups excluding carboxylic acids is 1. The molecule has 1 aliphatic rings. The van der Waals surface area contributed by atoms with Gasteiger partial charge in [-0.15, -0.1) is 0 Å². The smallest absolute Gasteiger partial charge is 0.256 e. The van der Waals surface area contributed by atoms with Gasteiger partial charge < -0.3 is 5.32 Å². The summed E-state index contributed by atoms with van der Waals surface area (Å²) in [5.74, 6) is 1.58. The molecule has 1 saturated carbocycles. The summed E-state index contributed by atoms with van der Waals surface area (Å²) >= 11 is 3.37. The van der Waals surface area contributed by atoms with Gasteiger partial charge in [0.25, 0.3) is 5.91 Å². The first-order valence-corrected chi connectivity index (χ1v) is 9.14. The van der Waals surface area contributed by atoms with Crippen LogP contribution in [-0.2, 0) is 6.42 Å². The summed E-state index contributed by atoms with van der Waals surface area (Å²) in [7, 11) is 0. The van der Waals surface area contributed by atoms with Crippen molar-refractivity contribution in [1.29, 1.82) is 0 Å². The van der Waals surface area contributed by atoms with E-state index in [0.717, 1.165) is 23.0 Å². The minimum Gasteiger partial charge on any atom is -0.305 e. The normalized spacial score (nSPS) is 18.8. The molecule has 126 valence electrons. The summed E-state index contributed by atoms with van der Waals surface area (Å²) in [4.78, 5) is 12.2. The van der Waals surface area contributed by atoms with Crippen LogP contribution in [0.1, 0.15) is 34.0 Å². The minimum absolute atomic E-state index is 0.151. The average Bonchev–Trinajstić information content (AvgIpc) is 3.23. The zero-order chi connectivity index (χ0) is 17.2. The number of hydrogen-bond acceptors (Lipinski definition) is 2. The van der Waals surface area contributed by atoms with Crippen LogP contribution in [0.2, 0.25) is 0 Å². The molecule has 5 heteroatoms. The molecule has 0 bridgehead atoms. The fourth-order valence-electron chi connectivity index (χ4n) is 3.15. The van der Waals surface area contributed by atoms with E-state index in [-0.39, 0.29) is 5.91 Å². The van der Waals surface area contributed by atoms with Gasteiger partial charge >= 0.3 is 0 Å². The van der Waals surface area contributed by atoms with Crippen LogP contribution in [0.5, 0.6) is 0 Å². The zero-order valence-corrected chi connectivity index (χ0v) is 15.2. The summed E-state index contributed by atoms with van der Waals surface area (Å²) in [6.07, 6.45) is 2.25. The molecule has 3 aromatic rings. The van der Waals surface area contributed by atoms with Crippen molar-refractivity contribution in [3.63, 3.8) is 0 Å². The number of nitrogens with zero attached hydrogens (tertiary/aromatic N) is 1. The van der Waals surface area contributed by atoms with Crippen molar-refractivity contribution in [2.24, 2.45) is 5.92 Å². The van der Waals surface area contributed by atoms with Gasteiger partial charge in [0.2, 0.25) is 0 Å². The van der Waals surface area contributed by atoms with E-state index in [4.69, 9.17) is 0 Å². The molecule has 1 amide bonds. The zero-order valence-electron chi connectivity index (χ0n) is 13.6. The molecule has 4 rings (SSSR count). The van der Waals surface area contributed by atoms with Crippen molar-refractivity contribution < 1.29 is 4.79 Å². The molecular weight excluding hydrogens is 378 g/mol. The van der Waals surface area contributed by atoms with Crippen molar-refractivity contribution in [3.8, 4) is 0 Å². The van der Waals surface area contributed by atoms with E-state index in [2.05, 4.69) is 55.7 Å². The lowest BCUT2D eigenvalue weighted by Crippen LogP contribution is -2.11. The Labute approximate surface area is 154 Å². The lowest BCUT2D eigenvalue weighted by Gasteiger charge is -2.01. The third kappa shape index (κ3) is 3.82. The van der Waals surface area contributed by atoms with Crippen molar-refractivity contribution >= 4 is 27.7 Å². The average molecular weight is 396 g/mol. The Morgan fingerprint density at radius 2 is 1.92 bits per heavy atom. The van der Waals surface area contributed by atoms with Crippen molar-refractivity contribution in [3.05, 3.63) is 82.0 Å². The molecule has 2 aromatic carbocycles. The number of anilines is 1. The van der Waals surface area contributed by atoms with Crippen LogP contribution < -0.4 is 5.32 Å². The molecule has 1 aliphatic carbocycles. The maximum atomic E-state index is 12.2. The van der Waals surface area contributed by atoms with Gasteiger partial charge in [-0.3, -0.25) is 9.89 Å². The molecule has 0 spiro atoms. The van der Waals surface area contributed by atoms with Gasteiger partial charge in [-0.25, -0.2) is 0 Å². The third-order valence-corrected chi connectivity index (χ3v) is 5.14. The number of nitrogens with one attached hydrogen (secondary N) is 2. The van der Waals surface area contributed by atoms with Crippen LogP contribution in [0.25, 0.3) is 0 Å². The second kappa shape index (κ2) is 6.84. The molecule has 2 atom stereocenters. The number of carbonyl (C=O) groups is 1. The van der Waals surface area contributed by atoms with Crippen LogP contribution in [0.15, 0.2) is 65.1 Å². The number of halogens is 1. The molecule has 1 heterocycles. The number of amides is 1. The van der Waals surface area contributed by atoms with Gasteiger partial charge in [0, 0.05) is 27.7 Å². The Kier molecular flexibility index (Phi) is 4.40. The maximum Gasteiger partial charge on any atom is 0.256 e. The predicted octanol–water partition coefficient (Wildman–Crippen LogP) is 4.77. The van der Waals surface area contributed by atoms with Gasteiger partial charge in [-0.05, 0) is 48.6 Å². The van der Waals surface area contributed by atoms with E-state index >= 15 is 0 Å². The summed E-state index contributed by atoms with van der Waals surface area (Å²) in [6, 6.07) is 19.8. The van der Waals surface area contributed by atoms with Gasteiger partial charge in [0.15, 0.2) is 5.82 Å². The number of benzene rings is 2. The Morgan fingerprint density at radius 1 is 1.16 bits per heavy atom. The highest BCUT2D eigenvalue weighted by atomic mass is 79.9. The van der Waals surface area contributed by atoms with E-state index in [1.54, 1.807) is 12.1 Å². The first kappa shape index (κ1) is 16.1. The molecule has 0 radical (unpaired) electrons. The Hall–Kier alpha value is -2.40. The fourth-order valence-corrected chi connectivity index (χ4v) is 3.42. The maximum absolute atomic E-state index is 12.2.